The normalized spacial score (nSPS) is 20.4. The van der Waals surface area contributed by atoms with Crippen LogP contribution in [-0.4, -0.2) is 23.2 Å². The van der Waals surface area contributed by atoms with Gasteiger partial charge in [0.05, 0.1) is 5.92 Å². The first-order chi connectivity index (χ1) is 7.92. The third kappa shape index (κ3) is 2.01. The molecule has 0 bridgehead atoms. The largest absolute Gasteiger partial charge is 0.339 e. The van der Waals surface area contributed by atoms with Crippen molar-refractivity contribution in [3.63, 3.8) is 0 Å². The van der Waals surface area contributed by atoms with Gasteiger partial charge in [0, 0.05) is 17.8 Å². The highest BCUT2D eigenvalue weighted by atomic mass is 32.1. The van der Waals surface area contributed by atoms with E-state index in [2.05, 4.69) is 26.9 Å². The quantitative estimate of drug-likeness (QED) is 0.881. The van der Waals surface area contributed by atoms with Crippen molar-refractivity contribution in [3.8, 4) is 0 Å². The average molecular weight is 235 g/mol. The summed E-state index contributed by atoms with van der Waals surface area (Å²) < 4.78 is 5.30. The van der Waals surface area contributed by atoms with E-state index in [9.17, 15) is 0 Å². The molecule has 1 fully saturated rings. The van der Waals surface area contributed by atoms with Crippen LogP contribution in [0.3, 0.4) is 0 Å². The first kappa shape index (κ1) is 9.99. The van der Waals surface area contributed by atoms with Crippen LogP contribution in [0.25, 0.3) is 0 Å². The van der Waals surface area contributed by atoms with Gasteiger partial charge in [0.2, 0.25) is 5.89 Å². The molecule has 0 spiro atoms. The van der Waals surface area contributed by atoms with Crippen molar-refractivity contribution in [3.05, 3.63) is 34.1 Å². The lowest BCUT2D eigenvalue weighted by molar-refractivity contribution is 0.355. The summed E-state index contributed by atoms with van der Waals surface area (Å²) in [5.41, 5.74) is 0. The lowest BCUT2D eigenvalue weighted by Gasteiger charge is -1.98. The Morgan fingerprint density at radius 3 is 3.31 bits per heavy atom. The molecule has 84 valence electrons. The van der Waals surface area contributed by atoms with Gasteiger partial charge in [-0.05, 0) is 24.4 Å². The Kier molecular flexibility index (Phi) is 2.71. The molecule has 1 aliphatic heterocycles. The van der Waals surface area contributed by atoms with Crippen LogP contribution in [0.15, 0.2) is 22.0 Å². The highest BCUT2D eigenvalue weighted by Crippen LogP contribution is 2.21. The van der Waals surface area contributed by atoms with Crippen molar-refractivity contribution >= 4 is 11.3 Å². The fourth-order valence-electron chi connectivity index (χ4n) is 1.94. The minimum atomic E-state index is 0.407. The van der Waals surface area contributed by atoms with Gasteiger partial charge in [0.25, 0.3) is 0 Å². The van der Waals surface area contributed by atoms with Crippen LogP contribution >= 0.6 is 11.3 Å². The number of aromatic nitrogens is 2. The van der Waals surface area contributed by atoms with Gasteiger partial charge in [0.15, 0.2) is 5.82 Å². The van der Waals surface area contributed by atoms with Crippen LogP contribution in [0.2, 0.25) is 0 Å². The third-order valence-electron chi connectivity index (χ3n) is 2.81. The molecule has 3 rings (SSSR count). The van der Waals surface area contributed by atoms with E-state index in [1.165, 1.54) is 4.88 Å². The summed E-state index contributed by atoms with van der Waals surface area (Å²) in [6.45, 7) is 2.01. The Labute approximate surface area is 97.7 Å². The SMILES string of the molecule is c1csc(Cc2noc([C@@H]3CCNC3)n2)c1. The molecule has 0 saturated carbocycles. The van der Waals surface area contributed by atoms with Gasteiger partial charge < -0.3 is 9.84 Å². The fraction of sp³-hybridized carbons (Fsp3) is 0.455. The molecular formula is C11H13N3OS. The Balaban J connectivity index is 1.72. The number of hydrogen-bond donors (Lipinski definition) is 1. The third-order valence-corrected chi connectivity index (χ3v) is 3.68. The van der Waals surface area contributed by atoms with Gasteiger partial charge in [-0.1, -0.05) is 11.2 Å². The van der Waals surface area contributed by atoms with Gasteiger partial charge >= 0.3 is 0 Å². The zero-order chi connectivity index (χ0) is 10.8. The lowest BCUT2D eigenvalue weighted by atomic mass is 10.1. The summed E-state index contributed by atoms with van der Waals surface area (Å²) in [6.07, 6.45) is 1.88. The van der Waals surface area contributed by atoms with Crippen LogP contribution in [0, 0.1) is 0 Å². The topological polar surface area (TPSA) is 51.0 Å². The van der Waals surface area contributed by atoms with E-state index in [1.54, 1.807) is 11.3 Å². The molecule has 1 atom stereocenters. The molecule has 2 aromatic rings. The van der Waals surface area contributed by atoms with E-state index in [0.29, 0.717) is 5.92 Å². The predicted molar refractivity (Wildman–Crippen MR) is 61.7 cm³/mol. The van der Waals surface area contributed by atoms with E-state index >= 15 is 0 Å². The summed E-state index contributed by atoms with van der Waals surface area (Å²) in [7, 11) is 0. The minimum Gasteiger partial charge on any atom is -0.339 e. The average Bonchev–Trinajstić information content (AvgIpc) is 2.99. The van der Waals surface area contributed by atoms with E-state index < -0.39 is 0 Å². The van der Waals surface area contributed by atoms with Crippen molar-refractivity contribution < 1.29 is 4.52 Å². The second kappa shape index (κ2) is 4.35. The summed E-state index contributed by atoms with van der Waals surface area (Å²) in [6, 6.07) is 4.14. The van der Waals surface area contributed by atoms with E-state index in [1.807, 2.05) is 6.07 Å². The van der Waals surface area contributed by atoms with Crippen molar-refractivity contribution in [2.24, 2.45) is 0 Å². The van der Waals surface area contributed by atoms with Gasteiger partial charge in [0.1, 0.15) is 0 Å². The molecular weight excluding hydrogens is 222 g/mol. The van der Waals surface area contributed by atoms with Crippen LogP contribution in [0.4, 0.5) is 0 Å². The zero-order valence-electron chi connectivity index (χ0n) is 8.85. The number of nitrogens with zero attached hydrogens (tertiary/aromatic N) is 2. The van der Waals surface area contributed by atoms with Gasteiger partial charge in [-0.15, -0.1) is 11.3 Å². The summed E-state index contributed by atoms with van der Waals surface area (Å²) >= 11 is 1.73. The Bertz CT molecular complexity index is 446. The van der Waals surface area contributed by atoms with E-state index in [0.717, 1.165) is 37.6 Å². The van der Waals surface area contributed by atoms with Gasteiger partial charge in [-0.2, -0.15) is 4.98 Å². The predicted octanol–water partition coefficient (Wildman–Crippen LogP) is 1.80. The summed E-state index contributed by atoms with van der Waals surface area (Å²) in [5.74, 6) is 1.99. The maximum absolute atomic E-state index is 5.30. The van der Waals surface area contributed by atoms with E-state index in [-0.39, 0.29) is 0 Å². The molecule has 2 aromatic heterocycles. The first-order valence-corrected chi connectivity index (χ1v) is 6.35. The summed E-state index contributed by atoms with van der Waals surface area (Å²) in [5, 5.41) is 9.40. The molecule has 1 N–H and O–H groups in total. The van der Waals surface area contributed by atoms with Gasteiger partial charge in [-0.25, -0.2) is 0 Å². The van der Waals surface area contributed by atoms with Crippen LogP contribution < -0.4 is 5.32 Å². The molecule has 0 aliphatic carbocycles. The number of rotatable bonds is 3. The first-order valence-electron chi connectivity index (χ1n) is 5.47. The lowest BCUT2D eigenvalue weighted by Crippen LogP contribution is -2.08. The van der Waals surface area contributed by atoms with Crippen LogP contribution in [-0.2, 0) is 6.42 Å². The van der Waals surface area contributed by atoms with Crippen LogP contribution in [0.1, 0.15) is 28.9 Å². The molecule has 3 heterocycles. The van der Waals surface area contributed by atoms with E-state index in [4.69, 9.17) is 4.52 Å². The fourth-order valence-corrected chi connectivity index (χ4v) is 2.64. The van der Waals surface area contributed by atoms with Crippen molar-refractivity contribution in [2.75, 3.05) is 13.1 Å². The van der Waals surface area contributed by atoms with Gasteiger partial charge in [-0.3, -0.25) is 0 Å². The molecule has 16 heavy (non-hydrogen) atoms. The highest BCUT2D eigenvalue weighted by molar-refractivity contribution is 7.09. The monoisotopic (exact) mass is 235 g/mol. The molecule has 0 unspecified atom stereocenters. The highest BCUT2D eigenvalue weighted by Gasteiger charge is 2.22. The molecule has 0 radical (unpaired) electrons. The Morgan fingerprint density at radius 2 is 2.56 bits per heavy atom. The Morgan fingerprint density at radius 1 is 1.56 bits per heavy atom. The van der Waals surface area contributed by atoms with Crippen LogP contribution in [0.5, 0.6) is 0 Å². The molecule has 0 amide bonds. The maximum atomic E-state index is 5.30. The number of nitrogens with one attached hydrogen (secondary N) is 1. The molecule has 5 heteroatoms. The smallest absolute Gasteiger partial charge is 0.231 e. The number of hydrogen-bond acceptors (Lipinski definition) is 5. The molecule has 1 aliphatic rings. The number of thiophene rings is 1. The second-order valence-corrected chi connectivity index (χ2v) is 5.03. The Hall–Kier alpha value is -1.20. The van der Waals surface area contributed by atoms with Crippen molar-refractivity contribution in [1.29, 1.82) is 0 Å². The van der Waals surface area contributed by atoms with Crippen molar-refractivity contribution in [1.82, 2.24) is 15.5 Å². The summed E-state index contributed by atoms with van der Waals surface area (Å²) in [4.78, 5) is 5.73. The molecule has 4 nitrogen and oxygen atoms in total. The maximum Gasteiger partial charge on any atom is 0.231 e. The standard InChI is InChI=1S/C11H13N3OS/c1-2-9(16-5-1)6-10-13-11(15-14-10)8-3-4-12-7-8/h1-2,5,8,12H,3-4,6-7H2/t8-/m1/s1. The minimum absolute atomic E-state index is 0.407. The van der Waals surface area contributed by atoms with Crippen molar-refractivity contribution in [2.45, 2.75) is 18.8 Å². The second-order valence-electron chi connectivity index (χ2n) is 3.99. The zero-order valence-corrected chi connectivity index (χ0v) is 9.67. The molecule has 0 aromatic carbocycles. The molecule has 1 saturated heterocycles.